The topological polar surface area (TPSA) is 51.4 Å². The molecule has 92 valence electrons. The van der Waals surface area contributed by atoms with Gasteiger partial charge in [0.15, 0.2) is 0 Å². The molecule has 1 aromatic rings. The third-order valence-corrected chi connectivity index (χ3v) is 2.16. The molecule has 0 radical (unpaired) electrons. The minimum absolute atomic E-state index is 0. The lowest BCUT2D eigenvalue weighted by atomic mass is 10.4. The molecule has 0 saturated carbocycles. The van der Waals surface area contributed by atoms with Crippen LogP contribution in [0.25, 0.3) is 0 Å². The van der Waals surface area contributed by atoms with E-state index in [-0.39, 0.29) is 12.4 Å². The molecule has 0 unspecified atom stereocenters. The molecule has 5 heteroatoms. The molecule has 0 fully saturated rings. The smallest absolute Gasteiger partial charge is 0.215 e. The number of nitrogens with two attached hydrogens (primary N) is 1. The fourth-order valence-corrected chi connectivity index (χ4v) is 1.37. The second-order valence-corrected chi connectivity index (χ2v) is 3.14. The van der Waals surface area contributed by atoms with Gasteiger partial charge in [0.25, 0.3) is 0 Å². The van der Waals surface area contributed by atoms with Gasteiger partial charge in [0.1, 0.15) is 12.4 Å². The van der Waals surface area contributed by atoms with Crippen molar-refractivity contribution in [2.75, 3.05) is 31.1 Å². The number of rotatable bonds is 6. The summed E-state index contributed by atoms with van der Waals surface area (Å²) >= 11 is 0. The van der Waals surface area contributed by atoms with Crippen LogP contribution in [0, 0.1) is 0 Å². The second kappa shape index (κ2) is 8.19. The van der Waals surface area contributed by atoms with Crippen molar-refractivity contribution >= 4 is 18.2 Å². The molecule has 0 aliphatic carbocycles. The maximum Gasteiger partial charge on any atom is 0.215 e. The van der Waals surface area contributed by atoms with Gasteiger partial charge in [0.05, 0.1) is 0 Å². The first kappa shape index (κ1) is 15.0. The van der Waals surface area contributed by atoms with E-state index in [9.17, 15) is 0 Å². The highest BCUT2D eigenvalue weighted by atomic mass is 35.5. The Kier molecular flexibility index (Phi) is 7.68. The quantitative estimate of drug-likeness (QED) is 0.829. The second-order valence-electron chi connectivity index (χ2n) is 3.14. The summed E-state index contributed by atoms with van der Waals surface area (Å²) < 4.78 is 5.37. The zero-order valence-electron chi connectivity index (χ0n) is 9.85. The maximum absolute atomic E-state index is 5.37. The van der Waals surface area contributed by atoms with Gasteiger partial charge in [-0.2, -0.15) is 4.98 Å². The molecule has 0 aromatic carbocycles. The van der Waals surface area contributed by atoms with E-state index in [1.165, 1.54) is 0 Å². The normalized spacial score (nSPS) is 9.44. The number of hydrogen-bond acceptors (Lipinski definition) is 4. The summed E-state index contributed by atoms with van der Waals surface area (Å²) in [6, 6.07) is 5.79. The van der Waals surface area contributed by atoms with E-state index in [1.807, 2.05) is 18.2 Å². The summed E-state index contributed by atoms with van der Waals surface area (Å²) in [4.78, 5) is 6.58. The van der Waals surface area contributed by atoms with E-state index in [2.05, 4.69) is 23.7 Å². The standard InChI is InChI=1S/C11H19N3O.ClH/c1-3-14(4-2)10-6-5-7-11(13-10)15-9-8-12;/h5-7H,3-4,8-9,12H2,1-2H3;1H. The Hall–Kier alpha value is -1.00. The lowest BCUT2D eigenvalue weighted by Gasteiger charge is -2.19. The largest absolute Gasteiger partial charge is 0.476 e. The summed E-state index contributed by atoms with van der Waals surface area (Å²) in [5, 5.41) is 0. The number of aromatic nitrogens is 1. The molecule has 0 amide bonds. The Labute approximate surface area is 103 Å². The van der Waals surface area contributed by atoms with Crippen LogP contribution < -0.4 is 15.4 Å². The molecule has 0 spiro atoms. The van der Waals surface area contributed by atoms with Gasteiger partial charge in [0, 0.05) is 25.7 Å². The minimum atomic E-state index is 0. The average Bonchev–Trinajstić information content (AvgIpc) is 2.29. The van der Waals surface area contributed by atoms with Crippen molar-refractivity contribution < 1.29 is 4.74 Å². The summed E-state index contributed by atoms with van der Waals surface area (Å²) in [7, 11) is 0. The van der Waals surface area contributed by atoms with Gasteiger partial charge in [-0.05, 0) is 19.9 Å². The van der Waals surface area contributed by atoms with Crippen LogP contribution in [0.15, 0.2) is 18.2 Å². The Morgan fingerprint density at radius 3 is 2.56 bits per heavy atom. The average molecular weight is 246 g/mol. The third-order valence-electron chi connectivity index (χ3n) is 2.16. The van der Waals surface area contributed by atoms with Crippen molar-refractivity contribution in [1.29, 1.82) is 0 Å². The van der Waals surface area contributed by atoms with Crippen molar-refractivity contribution in [3.05, 3.63) is 18.2 Å². The van der Waals surface area contributed by atoms with Crippen LogP contribution in [-0.4, -0.2) is 31.2 Å². The first-order valence-corrected chi connectivity index (χ1v) is 5.36. The third kappa shape index (κ3) is 4.24. The van der Waals surface area contributed by atoms with E-state index < -0.39 is 0 Å². The molecule has 1 heterocycles. The number of halogens is 1. The zero-order chi connectivity index (χ0) is 11.1. The first-order valence-electron chi connectivity index (χ1n) is 5.36. The van der Waals surface area contributed by atoms with Crippen molar-refractivity contribution in [2.24, 2.45) is 5.73 Å². The summed E-state index contributed by atoms with van der Waals surface area (Å²) in [6.07, 6.45) is 0. The highest BCUT2D eigenvalue weighted by molar-refractivity contribution is 5.85. The van der Waals surface area contributed by atoms with Gasteiger partial charge in [-0.15, -0.1) is 12.4 Å². The maximum atomic E-state index is 5.37. The summed E-state index contributed by atoms with van der Waals surface area (Å²) in [5.74, 6) is 1.60. The van der Waals surface area contributed by atoms with Crippen molar-refractivity contribution in [3.63, 3.8) is 0 Å². The predicted molar refractivity (Wildman–Crippen MR) is 69.6 cm³/mol. The molecule has 0 aliphatic rings. The number of ether oxygens (including phenoxy) is 1. The van der Waals surface area contributed by atoms with E-state index in [4.69, 9.17) is 10.5 Å². The van der Waals surface area contributed by atoms with Crippen molar-refractivity contribution in [1.82, 2.24) is 4.98 Å². The first-order chi connectivity index (χ1) is 7.31. The lowest BCUT2D eigenvalue weighted by Crippen LogP contribution is -2.23. The van der Waals surface area contributed by atoms with Crippen LogP contribution >= 0.6 is 12.4 Å². The van der Waals surface area contributed by atoms with E-state index in [1.54, 1.807) is 0 Å². The number of hydrogen-bond donors (Lipinski definition) is 1. The van der Waals surface area contributed by atoms with Gasteiger partial charge < -0.3 is 15.4 Å². The van der Waals surface area contributed by atoms with Crippen LogP contribution in [0.5, 0.6) is 5.88 Å². The molecule has 16 heavy (non-hydrogen) atoms. The molecule has 0 bridgehead atoms. The van der Waals surface area contributed by atoms with Gasteiger partial charge in [0.2, 0.25) is 5.88 Å². The van der Waals surface area contributed by atoms with Crippen LogP contribution in [-0.2, 0) is 0 Å². The number of nitrogens with zero attached hydrogens (tertiary/aromatic N) is 2. The SMILES string of the molecule is CCN(CC)c1cccc(OCCN)n1.Cl. The summed E-state index contributed by atoms with van der Waals surface area (Å²) in [5.41, 5.74) is 5.36. The Balaban J connectivity index is 0.00000225. The monoisotopic (exact) mass is 245 g/mol. The molecule has 4 nitrogen and oxygen atoms in total. The van der Waals surface area contributed by atoms with Crippen LogP contribution in [0.1, 0.15) is 13.8 Å². The van der Waals surface area contributed by atoms with Gasteiger partial charge >= 0.3 is 0 Å². The fraction of sp³-hybridized carbons (Fsp3) is 0.545. The van der Waals surface area contributed by atoms with Gasteiger partial charge in [-0.25, -0.2) is 0 Å². The van der Waals surface area contributed by atoms with Crippen molar-refractivity contribution in [2.45, 2.75) is 13.8 Å². The molecule has 2 N–H and O–H groups in total. The highest BCUT2D eigenvalue weighted by Gasteiger charge is 2.04. The Bertz CT molecular complexity index is 292. The number of pyridine rings is 1. The zero-order valence-corrected chi connectivity index (χ0v) is 10.7. The minimum Gasteiger partial charge on any atom is -0.476 e. The van der Waals surface area contributed by atoms with E-state index in [0.29, 0.717) is 19.0 Å². The predicted octanol–water partition coefficient (Wildman–Crippen LogP) is 1.69. The molecular weight excluding hydrogens is 226 g/mol. The molecule has 0 saturated heterocycles. The van der Waals surface area contributed by atoms with E-state index in [0.717, 1.165) is 18.9 Å². The molecule has 0 atom stereocenters. The molecular formula is C11H20ClN3O. The number of anilines is 1. The highest BCUT2D eigenvalue weighted by Crippen LogP contribution is 2.15. The van der Waals surface area contributed by atoms with Gasteiger partial charge in [-0.3, -0.25) is 0 Å². The van der Waals surface area contributed by atoms with Gasteiger partial charge in [-0.1, -0.05) is 6.07 Å². The molecule has 1 rings (SSSR count). The van der Waals surface area contributed by atoms with Crippen LogP contribution in [0.4, 0.5) is 5.82 Å². The van der Waals surface area contributed by atoms with Crippen LogP contribution in [0.3, 0.4) is 0 Å². The fourth-order valence-electron chi connectivity index (χ4n) is 1.37. The Morgan fingerprint density at radius 2 is 2.00 bits per heavy atom. The van der Waals surface area contributed by atoms with Crippen LogP contribution in [0.2, 0.25) is 0 Å². The molecule has 0 aliphatic heterocycles. The Morgan fingerprint density at radius 1 is 1.31 bits per heavy atom. The lowest BCUT2D eigenvalue weighted by molar-refractivity contribution is 0.316. The van der Waals surface area contributed by atoms with E-state index >= 15 is 0 Å². The molecule has 1 aromatic heterocycles. The van der Waals surface area contributed by atoms with Crippen molar-refractivity contribution in [3.8, 4) is 5.88 Å². The summed E-state index contributed by atoms with van der Waals surface area (Å²) in [6.45, 7) is 7.14.